The van der Waals surface area contributed by atoms with Gasteiger partial charge in [-0.2, -0.15) is 0 Å². The third kappa shape index (κ3) is 4.82. The number of thiazole rings is 1. The second kappa shape index (κ2) is 6.21. The number of aromatic carboxylic acids is 1. The van der Waals surface area contributed by atoms with Crippen molar-refractivity contribution < 1.29 is 19.5 Å². The van der Waals surface area contributed by atoms with Gasteiger partial charge in [-0.15, -0.1) is 0 Å². The third-order valence-corrected chi connectivity index (χ3v) is 3.47. The van der Waals surface area contributed by atoms with Gasteiger partial charge in [0.2, 0.25) is 5.91 Å². The molecule has 0 aromatic carbocycles. The van der Waals surface area contributed by atoms with E-state index in [1.165, 1.54) is 6.92 Å². The molecule has 0 radical (unpaired) electrons. The highest BCUT2D eigenvalue weighted by Gasteiger charge is 2.24. The molecule has 0 aliphatic carbocycles. The highest BCUT2D eigenvalue weighted by Crippen LogP contribution is 2.24. The monoisotopic (exact) mass is 313 g/mol. The van der Waals surface area contributed by atoms with E-state index in [9.17, 15) is 14.4 Å². The van der Waals surface area contributed by atoms with E-state index in [1.54, 1.807) is 6.92 Å². The average molecular weight is 313 g/mol. The highest BCUT2D eigenvalue weighted by atomic mass is 32.1. The molecule has 116 valence electrons. The first-order valence-electron chi connectivity index (χ1n) is 6.35. The predicted molar refractivity (Wildman–Crippen MR) is 80.1 cm³/mol. The van der Waals surface area contributed by atoms with Crippen LogP contribution >= 0.6 is 11.3 Å². The molecule has 0 aliphatic heterocycles. The maximum atomic E-state index is 11.9. The van der Waals surface area contributed by atoms with Crippen molar-refractivity contribution in [1.82, 2.24) is 10.3 Å². The van der Waals surface area contributed by atoms with Crippen molar-refractivity contribution in [3.8, 4) is 0 Å². The highest BCUT2D eigenvalue weighted by molar-refractivity contribution is 7.17. The zero-order chi connectivity index (χ0) is 16.4. The number of hydrogen-bond donors (Lipinski definition) is 3. The summed E-state index contributed by atoms with van der Waals surface area (Å²) in [5.41, 5.74) is -0.662. The van der Waals surface area contributed by atoms with E-state index in [-0.39, 0.29) is 32.9 Å². The smallest absolute Gasteiger partial charge is 0.356 e. The number of anilines is 1. The first-order chi connectivity index (χ1) is 9.51. The molecule has 0 aliphatic rings. The summed E-state index contributed by atoms with van der Waals surface area (Å²) in [5, 5.41) is 14.9. The van der Waals surface area contributed by atoms with Crippen LogP contribution in [-0.4, -0.2) is 39.3 Å². The van der Waals surface area contributed by atoms with E-state index in [0.717, 1.165) is 11.3 Å². The van der Waals surface area contributed by atoms with E-state index in [0.29, 0.717) is 0 Å². The summed E-state index contributed by atoms with van der Waals surface area (Å²) < 4.78 is 0. The largest absolute Gasteiger partial charge is 0.476 e. The van der Waals surface area contributed by atoms with E-state index >= 15 is 0 Å². The van der Waals surface area contributed by atoms with Gasteiger partial charge < -0.3 is 15.7 Å². The van der Waals surface area contributed by atoms with Crippen molar-refractivity contribution in [1.29, 1.82) is 0 Å². The molecule has 1 heterocycles. The maximum absolute atomic E-state index is 11.9. The summed E-state index contributed by atoms with van der Waals surface area (Å²) in [6, 6.07) is -0.600. The average Bonchev–Trinajstić information content (AvgIpc) is 2.70. The van der Waals surface area contributed by atoms with Crippen LogP contribution in [0, 0.1) is 0 Å². The fourth-order valence-electron chi connectivity index (χ4n) is 1.49. The van der Waals surface area contributed by atoms with Crippen LogP contribution in [-0.2, 0) is 4.79 Å². The van der Waals surface area contributed by atoms with Crippen LogP contribution in [0.3, 0.4) is 0 Å². The lowest BCUT2D eigenvalue weighted by atomic mass is 10.1. The third-order valence-electron chi connectivity index (χ3n) is 2.38. The van der Waals surface area contributed by atoms with Crippen LogP contribution in [0.4, 0.5) is 5.13 Å². The number of carbonyl (C=O) groups is 3. The molecule has 1 amide bonds. The van der Waals surface area contributed by atoms with Crippen LogP contribution in [0.25, 0.3) is 0 Å². The topological polar surface area (TPSA) is 108 Å². The summed E-state index contributed by atoms with van der Waals surface area (Å²) in [5.74, 6) is -1.88. The number of nitrogens with zero attached hydrogens (tertiary/aromatic N) is 1. The Morgan fingerprint density at radius 1 is 1.29 bits per heavy atom. The summed E-state index contributed by atoms with van der Waals surface area (Å²) in [6.45, 7) is 8.49. The number of amides is 1. The lowest BCUT2D eigenvalue weighted by molar-refractivity contribution is -0.122. The Labute approximate surface area is 126 Å². The first-order valence-corrected chi connectivity index (χ1v) is 7.16. The molecule has 1 atom stereocenters. The fourth-order valence-corrected chi connectivity index (χ4v) is 2.43. The van der Waals surface area contributed by atoms with Gasteiger partial charge in [-0.25, -0.2) is 9.78 Å². The van der Waals surface area contributed by atoms with Crippen LogP contribution < -0.4 is 10.6 Å². The van der Waals surface area contributed by atoms with Gasteiger partial charge in [0.1, 0.15) is 10.9 Å². The molecule has 21 heavy (non-hydrogen) atoms. The van der Waals surface area contributed by atoms with Crippen molar-refractivity contribution in [2.75, 3.05) is 5.32 Å². The van der Waals surface area contributed by atoms with E-state index in [2.05, 4.69) is 15.6 Å². The SMILES string of the molecule is CC(=O)c1sc(NC(C)C(=O)NC(C)(C)C)nc1C(=O)O. The molecule has 0 fully saturated rings. The molecule has 1 unspecified atom stereocenters. The molecule has 0 bridgehead atoms. The van der Waals surface area contributed by atoms with Gasteiger partial charge in [-0.3, -0.25) is 9.59 Å². The number of hydrogen-bond acceptors (Lipinski definition) is 6. The molecule has 8 heteroatoms. The van der Waals surface area contributed by atoms with Gasteiger partial charge >= 0.3 is 5.97 Å². The number of carboxylic acids is 1. The second-order valence-electron chi connectivity index (χ2n) is 5.66. The zero-order valence-electron chi connectivity index (χ0n) is 12.6. The summed E-state index contributed by atoms with van der Waals surface area (Å²) >= 11 is 0.927. The van der Waals surface area contributed by atoms with Gasteiger partial charge in [-0.1, -0.05) is 11.3 Å². The van der Waals surface area contributed by atoms with Gasteiger partial charge in [0.15, 0.2) is 16.6 Å². The van der Waals surface area contributed by atoms with Crippen molar-refractivity contribution >= 4 is 34.1 Å². The Kier molecular flexibility index (Phi) is 5.06. The van der Waals surface area contributed by atoms with Crippen molar-refractivity contribution in [3.63, 3.8) is 0 Å². The Morgan fingerprint density at radius 3 is 2.24 bits per heavy atom. The van der Waals surface area contributed by atoms with E-state index in [4.69, 9.17) is 5.11 Å². The fraction of sp³-hybridized carbons (Fsp3) is 0.538. The molecule has 1 rings (SSSR count). The lowest BCUT2D eigenvalue weighted by Crippen LogP contribution is -2.47. The molecule has 1 aromatic heterocycles. The second-order valence-corrected chi connectivity index (χ2v) is 6.66. The molecule has 0 spiro atoms. The molecule has 3 N–H and O–H groups in total. The molecular weight excluding hydrogens is 294 g/mol. The Hall–Kier alpha value is -1.96. The summed E-state index contributed by atoms with van der Waals surface area (Å²) in [6.07, 6.45) is 0. The van der Waals surface area contributed by atoms with Crippen molar-refractivity contribution in [2.24, 2.45) is 0 Å². The number of rotatable bonds is 5. The number of nitrogens with one attached hydrogen (secondary N) is 2. The van der Waals surface area contributed by atoms with Crippen molar-refractivity contribution in [3.05, 3.63) is 10.6 Å². The minimum Gasteiger partial charge on any atom is -0.476 e. The van der Waals surface area contributed by atoms with Gasteiger partial charge in [0.05, 0.1) is 0 Å². The number of Topliss-reactive ketones (excluding diaryl/α,β-unsaturated/α-hetero) is 1. The Morgan fingerprint density at radius 2 is 1.86 bits per heavy atom. The maximum Gasteiger partial charge on any atom is 0.356 e. The zero-order valence-corrected chi connectivity index (χ0v) is 13.4. The number of aromatic nitrogens is 1. The summed E-state index contributed by atoms with van der Waals surface area (Å²) in [7, 11) is 0. The van der Waals surface area contributed by atoms with Crippen LogP contribution in [0.5, 0.6) is 0 Å². The molecule has 1 aromatic rings. The Balaban J connectivity index is 2.88. The minimum absolute atomic E-state index is 0.0634. The van der Waals surface area contributed by atoms with Gasteiger partial charge in [0.25, 0.3) is 0 Å². The van der Waals surface area contributed by atoms with E-state index in [1.807, 2.05) is 20.8 Å². The summed E-state index contributed by atoms with van der Waals surface area (Å²) in [4.78, 5) is 38.3. The minimum atomic E-state index is -1.27. The van der Waals surface area contributed by atoms with Gasteiger partial charge in [0, 0.05) is 12.5 Å². The lowest BCUT2D eigenvalue weighted by Gasteiger charge is -2.23. The molecule has 0 saturated heterocycles. The number of carboxylic acid groups (broad SMARTS) is 1. The van der Waals surface area contributed by atoms with Gasteiger partial charge in [-0.05, 0) is 27.7 Å². The quantitative estimate of drug-likeness (QED) is 0.715. The number of ketones is 1. The van der Waals surface area contributed by atoms with Crippen LogP contribution in [0.1, 0.15) is 54.8 Å². The number of carbonyl (C=O) groups excluding carboxylic acids is 2. The normalized spacial score (nSPS) is 12.6. The first kappa shape index (κ1) is 17.1. The van der Waals surface area contributed by atoms with Crippen LogP contribution in [0.15, 0.2) is 0 Å². The molecular formula is C13H19N3O4S. The van der Waals surface area contributed by atoms with E-state index < -0.39 is 12.0 Å². The predicted octanol–water partition coefficient (Wildman–Crippen LogP) is 1.76. The Bertz CT molecular complexity index is 543. The molecule has 0 saturated carbocycles. The van der Waals surface area contributed by atoms with Crippen molar-refractivity contribution in [2.45, 2.75) is 46.2 Å². The standard InChI is InChI=1S/C13H19N3O4S/c1-6(10(18)16-13(3,4)5)14-12-15-8(11(19)20)9(21-12)7(2)17/h6H,1-5H3,(H,14,15)(H,16,18)(H,19,20). The van der Waals surface area contributed by atoms with Crippen LogP contribution in [0.2, 0.25) is 0 Å². The molecule has 7 nitrogen and oxygen atoms in total.